The number of allylic oxidation sites excluding steroid dienone is 2. The van der Waals surface area contributed by atoms with Crippen LogP contribution in [0.2, 0.25) is 0 Å². The molecule has 0 atom stereocenters. The lowest BCUT2D eigenvalue weighted by Gasteiger charge is -2.33. The van der Waals surface area contributed by atoms with E-state index in [0.29, 0.717) is 73.7 Å². The molecular formula is C28H36F2N6O3S. The molecule has 40 heavy (non-hydrogen) atoms. The molecule has 12 heteroatoms. The second-order valence-corrected chi connectivity index (χ2v) is 13.1. The van der Waals surface area contributed by atoms with Crippen LogP contribution in [0.25, 0.3) is 5.57 Å². The molecule has 2 N–H and O–H groups in total. The Morgan fingerprint density at radius 2 is 1.90 bits per heavy atom. The molecule has 5 rings (SSSR count). The highest BCUT2D eigenvalue weighted by Crippen LogP contribution is 2.43. The number of benzene rings is 1. The molecular weight excluding hydrogens is 538 g/mol. The summed E-state index contributed by atoms with van der Waals surface area (Å²) in [5, 5.41) is 15.9. The second-order valence-electron chi connectivity index (χ2n) is 10.8. The lowest BCUT2D eigenvalue weighted by Crippen LogP contribution is -2.36. The predicted molar refractivity (Wildman–Crippen MR) is 151 cm³/mol. The van der Waals surface area contributed by atoms with E-state index in [1.807, 2.05) is 9.58 Å². The quantitative estimate of drug-likeness (QED) is 0.502. The summed E-state index contributed by atoms with van der Waals surface area (Å²) in [7, 11) is -1.35. The van der Waals surface area contributed by atoms with Crippen LogP contribution in [0, 0.1) is 5.41 Å². The van der Waals surface area contributed by atoms with E-state index in [0.717, 1.165) is 29.5 Å². The van der Waals surface area contributed by atoms with Crippen LogP contribution in [-0.2, 0) is 34.0 Å². The van der Waals surface area contributed by atoms with Crippen LogP contribution in [0.5, 0.6) is 0 Å². The number of hydrogen-bond acceptors (Lipinski definition) is 7. The SMILES string of the molecule is CN/C(C)=C(\C=N)c1cc2c(cc1C(F)F)N(c1nn(C3CCS(=O)(=O)CC3)c3c1CN(C(C)=O)CC3)CCC2. The fourth-order valence-corrected chi connectivity index (χ4v) is 7.61. The van der Waals surface area contributed by atoms with Gasteiger partial charge in [0, 0.05) is 73.5 Å². The highest BCUT2D eigenvalue weighted by atomic mass is 32.2. The van der Waals surface area contributed by atoms with E-state index < -0.39 is 16.3 Å². The summed E-state index contributed by atoms with van der Waals surface area (Å²) in [5.41, 5.74) is 4.71. The Morgan fingerprint density at radius 3 is 2.52 bits per heavy atom. The maximum absolute atomic E-state index is 14.5. The third-order valence-electron chi connectivity index (χ3n) is 8.45. The van der Waals surface area contributed by atoms with Crippen molar-refractivity contribution in [3.63, 3.8) is 0 Å². The van der Waals surface area contributed by atoms with Gasteiger partial charge in [0.05, 0.1) is 24.1 Å². The van der Waals surface area contributed by atoms with Crippen molar-refractivity contribution in [1.82, 2.24) is 20.0 Å². The molecule has 2 aromatic rings. The molecule has 0 spiro atoms. The first-order chi connectivity index (χ1) is 19.0. The zero-order valence-electron chi connectivity index (χ0n) is 23.1. The van der Waals surface area contributed by atoms with Gasteiger partial charge in [-0.1, -0.05) is 0 Å². The van der Waals surface area contributed by atoms with Gasteiger partial charge in [-0.25, -0.2) is 17.2 Å². The van der Waals surface area contributed by atoms with Gasteiger partial charge < -0.3 is 20.5 Å². The fourth-order valence-electron chi connectivity index (χ4n) is 6.14. The van der Waals surface area contributed by atoms with Crippen LogP contribution in [0.3, 0.4) is 0 Å². The summed E-state index contributed by atoms with van der Waals surface area (Å²) in [6, 6.07) is 3.25. The van der Waals surface area contributed by atoms with Gasteiger partial charge in [0.2, 0.25) is 5.91 Å². The van der Waals surface area contributed by atoms with Gasteiger partial charge in [0.1, 0.15) is 9.84 Å². The number of carbonyl (C=O) groups excluding carboxylic acids is 1. The summed E-state index contributed by atoms with van der Waals surface area (Å²) in [4.78, 5) is 16.1. The number of alkyl halides is 2. The molecule has 0 bridgehead atoms. The minimum atomic E-state index is -3.05. The Kier molecular flexibility index (Phi) is 7.73. The van der Waals surface area contributed by atoms with Crippen LogP contribution in [-0.4, -0.2) is 66.9 Å². The topological polar surface area (TPSA) is 111 Å². The molecule has 1 aromatic heterocycles. The van der Waals surface area contributed by atoms with Gasteiger partial charge in [-0.3, -0.25) is 9.48 Å². The fraction of sp³-hybridized carbons (Fsp3) is 0.536. The summed E-state index contributed by atoms with van der Waals surface area (Å²) in [6.45, 7) is 4.81. The van der Waals surface area contributed by atoms with Gasteiger partial charge in [0.25, 0.3) is 6.43 Å². The third-order valence-corrected chi connectivity index (χ3v) is 10.2. The maximum atomic E-state index is 14.5. The van der Waals surface area contributed by atoms with Gasteiger partial charge in [-0.2, -0.15) is 5.10 Å². The smallest absolute Gasteiger partial charge is 0.264 e. The Labute approximate surface area is 233 Å². The number of aromatic nitrogens is 2. The molecule has 0 unspecified atom stereocenters. The lowest BCUT2D eigenvalue weighted by molar-refractivity contribution is -0.129. The first-order valence-corrected chi connectivity index (χ1v) is 15.5. The second kappa shape index (κ2) is 10.9. The monoisotopic (exact) mass is 574 g/mol. The molecule has 0 radical (unpaired) electrons. The van der Waals surface area contributed by atoms with Crippen LogP contribution < -0.4 is 10.2 Å². The molecule has 0 aliphatic carbocycles. The van der Waals surface area contributed by atoms with Crippen LogP contribution in [0.1, 0.15) is 73.5 Å². The van der Waals surface area contributed by atoms with Crippen molar-refractivity contribution < 1.29 is 22.0 Å². The zero-order valence-corrected chi connectivity index (χ0v) is 24.0. The standard InChI is InChI=1S/C28H36F2N6O3S/c1-17(32-3)23(15-31)21-13-19-5-4-9-35(26(19)14-22(21)27(29)30)28-24-16-34(18(2)37)10-6-25(24)36(33-28)20-7-11-40(38,39)12-8-20/h13-15,20,27,31-32H,4-12,16H2,1-3H3/b23-17+,31-15?. The molecule has 4 heterocycles. The molecule has 3 aliphatic heterocycles. The van der Waals surface area contributed by atoms with E-state index in [9.17, 15) is 22.0 Å². The number of fused-ring (bicyclic) bond motifs is 2. The van der Waals surface area contributed by atoms with E-state index in [1.165, 1.54) is 13.0 Å². The molecule has 1 fully saturated rings. The van der Waals surface area contributed by atoms with Gasteiger partial charge >= 0.3 is 0 Å². The number of halogens is 2. The largest absolute Gasteiger partial charge is 0.391 e. The summed E-state index contributed by atoms with van der Waals surface area (Å²) < 4.78 is 55.1. The van der Waals surface area contributed by atoms with E-state index >= 15 is 0 Å². The number of nitrogens with zero attached hydrogens (tertiary/aromatic N) is 4. The summed E-state index contributed by atoms with van der Waals surface area (Å²) in [5.74, 6) is 0.840. The first kappa shape index (κ1) is 28.3. The van der Waals surface area contributed by atoms with Crippen LogP contribution >= 0.6 is 0 Å². The molecule has 216 valence electrons. The van der Waals surface area contributed by atoms with Crippen molar-refractivity contribution in [2.75, 3.05) is 36.5 Å². The highest BCUT2D eigenvalue weighted by molar-refractivity contribution is 7.91. The average Bonchev–Trinajstić information content (AvgIpc) is 3.31. The Hall–Kier alpha value is -3.28. The van der Waals surface area contributed by atoms with Gasteiger partial charge in [-0.05, 0) is 55.9 Å². The first-order valence-electron chi connectivity index (χ1n) is 13.7. The van der Waals surface area contributed by atoms with E-state index in [-0.39, 0.29) is 29.0 Å². The Morgan fingerprint density at radius 1 is 1.18 bits per heavy atom. The van der Waals surface area contributed by atoms with E-state index in [1.54, 1.807) is 24.9 Å². The van der Waals surface area contributed by atoms with Crippen LogP contribution in [0.15, 0.2) is 17.8 Å². The Balaban J connectivity index is 1.64. The molecule has 1 amide bonds. The number of hydrogen-bond donors (Lipinski definition) is 2. The molecule has 3 aliphatic rings. The summed E-state index contributed by atoms with van der Waals surface area (Å²) >= 11 is 0. The summed E-state index contributed by atoms with van der Waals surface area (Å²) in [6.07, 6.45) is 1.41. The van der Waals surface area contributed by atoms with E-state index in [4.69, 9.17) is 10.5 Å². The number of amides is 1. The van der Waals surface area contributed by atoms with Crippen molar-refractivity contribution in [3.8, 4) is 0 Å². The number of nitrogens with one attached hydrogen (secondary N) is 2. The van der Waals surface area contributed by atoms with E-state index in [2.05, 4.69) is 5.32 Å². The number of sulfone groups is 1. The van der Waals surface area contributed by atoms with Crippen molar-refractivity contribution in [3.05, 3.63) is 45.8 Å². The maximum Gasteiger partial charge on any atom is 0.264 e. The minimum Gasteiger partial charge on any atom is -0.391 e. The van der Waals surface area contributed by atoms with Crippen molar-refractivity contribution in [2.45, 2.75) is 65.0 Å². The lowest BCUT2D eigenvalue weighted by atomic mass is 9.91. The molecule has 1 saturated heterocycles. The van der Waals surface area contributed by atoms with Crippen molar-refractivity contribution in [1.29, 1.82) is 5.41 Å². The highest BCUT2D eigenvalue weighted by Gasteiger charge is 2.35. The van der Waals surface area contributed by atoms with Crippen LogP contribution in [0.4, 0.5) is 20.3 Å². The number of carbonyl (C=O) groups is 1. The predicted octanol–water partition coefficient (Wildman–Crippen LogP) is 4.16. The van der Waals surface area contributed by atoms with Gasteiger partial charge in [0.15, 0.2) is 5.82 Å². The average molecular weight is 575 g/mol. The van der Waals surface area contributed by atoms with Crippen molar-refractivity contribution in [2.24, 2.45) is 0 Å². The minimum absolute atomic E-state index is 0.0392. The third kappa shape index (κ3) is 5.13. The van der Waals surface area contributed by atoms with Crippen molar-refractivity contribution >= 4 is 39.0 Å². The normalized spacial score (nSPS) is 19.6. The van der Waals surface area contributed by atoms with Gasteiger partial charge in [-0.15, -0.1) is 0 Å². The number of anilines is 2. The zero-order chi connectivity index (χ0) is 28.8. The molecule has 1 aromatic carbocycles. The number of aryl methyl sites for hydroxylation is 1. The molecule has 9 nitrogen and oxygen atoms in total. The molecule has 0 saturated carbocycles. The Bertz CT molecular complexity index is 1470. The number of rotatable bonds is 6.